The summed E-state index contributed by atoms with van der Waals surface area (Å²) in [7, 11) is 0. The topological polar surface area (TPSA) is 141 Å². The van der Waals surface area contributed by atoms with E-state index in [1.54, 1.807) is 0 Å². The number of benzene rings is 2. The summed E-state index contributed by atoms with van der Waals surface area (Å²) < 4.78 is 14.6. The normalized spacial score (nSPS) is 19.0. The number of ether oxygens (including phenoxy) is 1. The summed E-state index contributed by atoms with van der Waals surface area (Å²) in [4.78, 5) is 33.4. The molecule has 2 aliphatic carbocycles. The predicted octanol–water partition coefficient (Wildman–Crippen LogP) is 4.52. The molecule has 0 aliphatic heterocycles. The van der Waals surface area contributed by atoms with Crippen LogP contribution >= 0.6 is 0 Å². The number of aryl methyl sites for hydroxylation is 2. The first-order valence-electron chi connectivity index (χ1n) is 16.4. The van der Waals surface area contributed by atoms with Crippen LogP contribution in [0.2, 0.25) is 0 Å². The molecule has 7 rings (SSSR count). The molecule has 2 N–H and O–H groups in total. The van der Waals surface area contributed by atoms with Crippen LogP contribution < -0.4 is 11.3 Å². The molecular weight excluding hydrogens is 624 g/mol. The van der Waals surface area contributed by atoms with Crippen LogP contribution in [-0.2, 0) is 17.6 Å². The van der Waals surface area contributed by atoms with Gasteiger partial charge in [-0.25, -0.2) is 9.31 Å². The molecule has 2 saturated carbocycles. The Morgan fingerprint density at radius 2 is 1.77 bits per heavy atom. The number of hydrogen-bond acceptors (Lipinski definition) is 8. The first-order valence-corrected chi connectivity index (χ1v) is 16.4. The van der Waals surface area contributed by atoms with Gasteiger partial charge in [0.2, 0.25) is 5.78 Å². The van der Waals surface area contributed by atoms with Gasteiger partial charge in [0.1, 0.15) is 5.82 Å². The fourth-order valence-electron chi connectivity index (χ4n) is 6.99. The molecule has 0 atom stereocenters. The molecule has 0 spiro atoms. The van der Waals surface area contributed by atoms with E-state index in [0.29, 0.717) is 30.5 Å². The summed E-state index contributed by atoms with van der Waals surface area (Å²) in [5, 5.41) is 19.1. The number of nitrogens with zero attached hydrogens (tertiary/aromatic N) is 5. The van der Waals surface area contributed by atoms with E-state index in [4.69, 9.17) is 19.3 Å². The number of aromatic amines is 1. The van der Waals surface area contributed by atoms with E-state index in [9.17, 15) is 14.7 Å². The molecule has 0 saturated heterocycles. The number of H-pyrrole nitrogens is 1. The van der Waals surface area contributed by atoms with Gasteiger partial charge in [-0.05, 0) is 75.0 Å². The third-order valence-electron chi connectivity index (χ3n) is 9.63. The standard InChI is InChI=1S/C35H40N6O5.K.H/c1-3-7-30-29(20-23-10-12-24(13-11-23)27-8-4-5-9-28(27)31-37-34(43)46-39-31)32(42)40(33-36-22(2)38-41(30)33)25-14-16-26(17-15-25)45-21-35(44)18-6-19-35;;/h4-5,8-13,25-26,44H,3,6-7,14-21H2,1-2H3,(H,37,39,43);;/t25-,26-;;. The summed E-state index contributed by atoms with van der Waals surface area (Å²) in [5.74, 6) is 1.03. The van der Waals surface area contributed by atoms with E-state index < -0.39 is 11.4 Å². The Bertz CT molecular complexity index is 1960. The van der Waals surface area contributed by atoms with E-state index in [2.05, 4.69) is 17.1 Å². The minimum atomic E-state index is -0.651. The third kappa shape index (κ3) is 7.05. The van der Waals surface area contributed by atoms with Gasteiger partial charge in [-0.15, -0.1) is 0 Å². The number of aliphatic hydroxyl groups is 1. The molecule has 3 aromatic heterocycles. The molecule has 2 fully saturated rings. The Hall–Kier alpha value is -2.71. The Morgan fingerprint density at radius 1 is 1.04 bits per heavy atom. The zero-order valence-corrected chi connectivity index (χ0v) is 26.4. The zero-order valence-electron chi connectivity index (χ0n) is 26.4. The number of aromatic nitrogens is 6. The monoisotopic (exact) mass is 664 g/mol. The van der Waals surface area contributed by atoms with Gasteiger partial charge in [0.25, 0.3) is 5.56 Å². The van der Waals surface area contributed by atoms with Crippen molar-refractivity contribution in [2.24, 2.45) is 0 Å². The number of rotatable bonds is 10. The van der Waals surface area contributed by atoms with Crippen LogP contribution in [0.1, 0.15) is 87.0 Å². The van der Waals surface area contributed by atoms with Crippen LogP contribution in [0.5, 0.6) is 0 Å². The van der Waals surface area contributed by atoms with Crippen molar-refractivity contribution >= 4 is 57.2 Å². The van der Waals surface area contributed by atoms with Gasteiger partial charge in [0.15, 0.2) is 5.82 Å². The van der Waals surface area contributed by atoms with Crippen molar-refractivity contribution in [1.29, 1.82) is 0 Å². The fraction of sp³-hybridized carbons (Fsp3) is 0.457. The first-order chi connectivity index (χ1) is 22.3. The van der Waals surface area contributed by atoms with Gasteiger partial charge >= 0.3 is 57.1 Å². The summed E-state index contributed by atoms with van der Waals surface area (Å²) >= 11 is 0. The number of hydrogen-bond donors (Lipinski definition) is 2. The molecule has 3 heterocycles. The van der Waals surface area contributed by atoms with Crippen molar-refractivity contribution in [3.05, 3.63) is 92.1 Å². The minimum absolute atomic E-state index is 0. The number of fused-ring (bicyclic) bond motifs is 1. The molecule has 242 valence electrons. The van der Waals surface area contributed by atoms with Gasteiger partial charge in [0.05, 0.1) is 24.0 Å². The summed E-state index contributed by atoms with van der Waals surface area (Å²) in [5.41, 5.74) is 4.66. The van der Waals surface area contributed by atoms with Gasteiger partial charge in [-0.1, -0.05) is 67.0 Å². The second kappa shape index (κ2) is 14.4. The maximum absolute atomic E-state index is 14.4. The molecule has 0 bridgehead atoms. The predicted molar refractivity (Wildman–Crippen MR) is 180 cm³/mol. The van der Waals surface area contributed by atoms with Crippen LogP contribution in [0.15, 0.2) is 62.6 Å². The average molecular weight is 665 g/mol. The Labute approximate surface area is 315 Å². The average Bonchev–Trinajstić information content (AvgIpc) is 3.66. The Balaban J connectivity index is 0.00000386. The maximum atomic E-state index is 14.4. The molecule has 0 amide bonds. The van der Waals surface area contributed by atoms with Crippen LogP contribution in [0.3, 0.4) is 0 Å². The zero-order chi connectivity index (χ0) is 31.8. The number of nitrogens with one attached hydrogen (secondary N) is 1. The molecule has 0 unspecified atom stereocenters. The van der Waals surface area contributed by atoms with Crippen LogP contribution in [0, 0.1) is 6.92 Å². The quantitative estimate of drug-likeness (QED) is 0.208. The molecule has 0 radical (unpaired) electrons. The molecule has 47 heavy (non-hydrogen) atoms. The fourth-order valence-corrected chi connectivity index (χ4v) is 6.99. The molecule has 12 heteroatoms. The molecule has 5 aromatic rings. The van der Waals surface area contributed by atoms with E-state index in [1.165, 1.54) is 0 Å². The van der Waals surface area contributed by atoms with Gasteiger partial charge in [-0.2, -0.15) is 10.1 Å². The van der Waals surface area contributed by atoms with E-state index in [1.807, 2.05) is 64.5 Å². The van der Waals surface area contributed by atoms with Crippen molar-refractivity contribution in [2.75, 3.05) is 6.61 Å². The van der Waals surface area contributed by atoms with Gasteiger partial charge < -0.3 is 9.84 Å². The SMILES string of the molecule is CCCc1c(Cc2ccc(-c3ccccc3-c3noc(=O)[nH]3)cc2)c(=O)n([C@H]2CC[C@H](OCC3(O)CCC3)CC2)c2nc(C)nn12.[KH]. The van der Waals surface area contributed by atoms with E-state index in [0.717, 1.165) is 91.3 Å². The molecule has 2 aromatic carbocycles. The third-order valence-corrected chi connectivity index (χ3v) is 9.63. The first kappa shape index (κ1) is 34.2. The van der Waals surface area contributed by atoms with Gasteiger partial charge in [0, 0.05) is 23.6 Å². The molecule has 11 nitrogen and oxygen atoms in total. The van der Waals surface area contributed by atoms with Crippen LogP contribution in [0.4, 0.5) is 0 Å². The summed E-state index contributed by atoms with van der Waals surface area (Å²) in [6.07, 6.45) is 8.14. The van der Waals surface area contributed by atoms with Crippen LogP contribution in [-0.4, -0.2) is 104 Å². The van der Waals surface area contributed by atoms with Gasteiger partial charge in [-0.3, -0.25) is 18.9 Å². The van der Waals surface area contributed by atoms with Crippen LogP contribution in [0.25, 0.3) is 28.3 Å². The Morgan fingerprint density at radius 3 is 2.40 bits per heavy atom. The van der Waals surface area contributed by atoms with Crippen molar-refractivity contribution < 1.29 is 14.4 Å². The van der Waals surface area contributed by atoms with Crippen molar-refractivity contribution in [2.45, 2.75) is 95.8 Å². The Kier molecular flexibility index (Phi) is 10.5. The van der Waals surface area contributed by atoms with Crippen molar-refractivity contribution in [3.63, 3.8) is 0 Å². The summed E-state index contributed by atoms with van der Waals surface area (Å²) in [6.45, 7) is 4.38. The molecular formula is C35H41KN6O5. The summed E-state index contributed by atoms with van der Waals surface area (Å²) in [6, 6.07) is 15.9. The van der Waals surface area contributed by atoms with Crippen molar-refractivity contribution in [3.8, 4) is 22.5 Å². The second-order valence-corrected chi connectivity index (χ2v) is 12.9. The van der Waals surface area contributed by atoms with E-state index in [-0.39, 0.29) is 69.1 Å². The molecule has 2 aliphatic rings. The van der Waals surface area contributed by atoms with E-state index >= 15 is 0 Å². The van der Waals surface area contributed by atoms with Crippen molar-refractivity contribution in [1.82, 2.24) is 29.3 Å². The second-order valence-electron chi connectivity index (χ2n) is 12.9.